The Morgan fingerprint density at radius 1 is 0.974 bits per heavy atom. The van der Waals surface area contributed by atoms with Gasteiger partial charge in [-0.05, 0) is 67.3 Å². The van der Waals surface area contributed by atoms with E-state index in [1.807, 2.05) is 73.8 Å². The number of amides is 2. The second kappa shape index (κ2) is 13.2. The Kier molecular flexibility index (Phi) is 9.95. The van der Waals surface area contributed by atoms with E-state index in [0.29, 0.717) is 22.2 Å². The fourth-order valence-corrected chi connectivity index (χ4v) is 6.02. The highest BCUT2D eigenvalue weighted by molar-refractivity contribution is 6.42. The molecule has 1 fully saturated rings. The lowest BCUT2D eigenvalue weighted by molar-refractivity contribution is 0.0591. The fraction of sp³-hybridized carbons (Fsp3) is 0.355. The van der Waals surface area contributed by atoms with Crippen LogP contribution in [0.2, 0.25) is 10.0 Å². The predicted octanol–water partition coefficient (Wildman–Crippen LogP) is 6.78. The summed E-state index contributed by atoms with van der Waals surface area (Å²) in [7, 11) is 1.86. The van der Waals surface area contributed by atoms with E-state index in [9.17, 15) is 9.59 Å². The number of benzene rings is 3. The van der Waals surface area contributed by atoms with Gasteiger partial charge in [-0.15, -0.1) is 12.4 Å². The van der Waals surface area contributed by atoms with E-state index in [0.717, 1.165) is 62.1 Å². The van der Waals surface area contributed by atoms with Gasteiger partial charge in [0.2, 0.25) is 0 Å². The highest BCUT2D eigenvalue weighted by atomic mass is 35.5. The second-order valence-electron chi connectivity index (χ2n) is 10.4. The van der Waals surface area contributed by atoms with E-state index >= 15 is 0 Å². The van der Waals surface area contributed by atoms with Crippen molar-refractivity contribution in [3.8, 4) is 0 Å². The summed E-state index contributed by atoms with van der Waals surface area (Å²) in [5.41, 5.74) is 3.76. The largest absolute Gasteiger partial charge is 0.341 e. The van der Waals surface area contributed by atoms with Crippen molar-refractivity contribution in [1.29, 1.82) is 0 Å². The van der Waals surface area contributed by atoms with Crippen molar-refractivity contribution >= 4 is 47.4 Å². The Bertz CT molecular complexity index is 1300. The van der Waals surface area contributed by atoms with E-state index in [-0.39, 0.29) is 36.2 Å². The van der Waals surface area contributed by atoms with Crippen LogP contribution in [0.4, 0.5) is 0 Å². The molecule has 5 nitrogen and oxygen atoms in total. The molecule has 3 aromatic rings. The van der Waals surface area contributed by atoms with Gasteiger partial charge in [0.15, 0.2) is 0 Å². The number of halogens is 3. The van der Waals surface area contributed by atoms with Gasteiger partial charge in [0.05, 0.1) is 10.0 Å². The molecule has 206 valence electrons. The normalized spacial score (nSPS) is 16.5. The van der Waals surface area contributed by atoms with Gasteiger partial charge in [0.1, 0.15) is 0 Å². The summed E-state index contributed by atoms with van der Waals surface area (Å²) in [6, 6.07) is 23.4. The van der Waals surface area contributed by atoms with E-state index in [1.165, 1.54) is 0 Å². The number of carbonyl (C=O) groups excluding carboxylic acids is 2. The zero-order valence-corrected chi connectivity index (χ0v) is 24.4. The molecule has 0 unspecified atom stereocenters. The first-order valence-corrected chi connectivity index (χ1v) is 14.0. The first-order chi connectivity index (χ1) is 18.4. The van der Waals surface area contributed by atoms with Gasteiger partial charge in [0.25, 0.3) is 11.8 Å². The summed E-state index contributed by atoms with van der Waals surface area (Å²) in [5.74, 6) is 0.299. The Balaban J connectivity index is 0.00000353. The molecule has 0 aliphatic carbocycles. The molecule has 8 heteroatoms. The standard InChI is InChI=1S/C31H33Cl2N3O2.ClH/c1-34(30(37)22-7-3-2-4-8-22)20-24(23-11-12-28(32)29(33)19-23)13-16-35-17-14-26(15-18-35)36-21-25-9-5-6-10-27(25)31(36)38;/h2-12,19,24,26H,13-18,20-21H2,1H3;1H/t24-;/m1./s1. The third kappa shape index (κ3) is 6.78. The van der Waals surface area contributed by atoms with E-state index < -0.39 is 0 Å². The van der Waals surface area contributed by atoms with Crippen LogP contribution in [0.15, 0.2) is 72.8 Å². The second-order valence-corrected chi connectivity index (χ2v) is 11.2. The monoisotopic (exact) mass is 585 g/mol. The Morgan fingerprint density at radius 2 is 1.67 bits per heavy atom. The number of hydrogen-bond acceptors (Lipinski definition) is 3. The maximum Gasteiger partial charge on any atom is 0.254 e. The third-order valence-electron chi connectivity index (χ3n) is 7.92. The summed E-state index contributed by atoms with van der Waals surface area (Å²) in [4.78, 5) is 32.3. The van der Waals surface area contributed by atoms with Crippen molar-refractivity contribution in [1.82, 2.24) is 14.7 Å². The van der Waals surface area contributed by atoms with Crippen LogP contribution in [0.5, 0.6) is 0 Å². The summed E-state index contributed by atoms with van der Waals surface area (Å²) in [6.07, 6.45) is 2.84. The summed E-state index contributed by atoms with van der Waals surface area (Å²) >= 11 is 12.6. The summed E-state index contributed by atoms with van der Waals surface area (Å²) in [5, 5.41) is 1.06. The van der Waals surface area contributed by atoms with Gasteiger partial charge >= 0.3 is 0 Å². The molecule has 2 aliphatic rings. The van der Waals surface area contributed by atoms with Crippen LogP contribution in [0.25, 0.3) is 0 Å². The molecule has 3 aromatic carbocycles. The minimum Gasteiger partial charge on any atom is -0.341 e. The average Bonchev–Trinajstić information content (AvgIpc) is 3.29. The van der Waals surface area contributed by atoms with Gasteiger partial charge in [-0.2, -0.15) is 0 Å². The average molecular weight is 587 g/mol. The molecule has 2 aliphatic heterocycles. The molecule has 0 radical (unpaired) electrons. The number of piperidine rings is 1. The Labute approximate surface area is 247 Å². The number of likely N-dealkylation sites (N-methyl/N-ethyl adjacent to an activating group) is 1. The summed E-state index contributed by atoms with van der Waals surface area (Å²) < 4.78 is 0. The van der Waals surface area contributed by atoms with Gasteiger partial charge < -0.3 is 14.7 Å². The van der Waals surface area contributed by atoms with Crippen molar-refractivity contribution in [3.63, 3.8) is 0 Å². The van der Waals surface area contributed by atoms with Crippen LogP contribution >= 0.6 is 35.6 Å². The lowest BCUT2D eigenvalue weighted by Gasteiger charge is -2.37. The molecular formula is C31H34Cl3N3O2. The van der Waals surface area contributed by atoms with Crippen molar-refractivity contribution in [2.24, 2.45) is 0 Å². The topological polar surface area (TPSA) is 43.9 Å². The van der Waals surface area contributed by atoms with E-state index in [2.05, 4.69) is 15.9 Å². The number of nitrogens with zero attached hydrogens (tertiary/aromatic N) is 3. The molecule has 0 bridgehead atoms. The molecule has 0 spiro atoms. The number of likely N-dealkylation sites (tertiary alicyclic amines) is 1. The third-order valence-corrected chi connectivity index (χ3v) is 8.66. The molecule has 0 aromatic heterocycles. The van der Waals surface area contributed by atoms with Crippen LogP contribution in [0, 0.1) is 0 Å². The Hall–Kier alpha value is -2.57. The van der Waals surface area contributed by atoms with Crippen LogP contribution in [-0.4, -0.2) is 65.8 Å². The minimum absolute atomic E-state index is 0. The number of fused-ring (bicyclic) bond motifs is 1. The molecule has 1 atom stereocenters. The van der Waals surface area contributed by atoms with Crippen molar-refractivity contribution in [3.05, 3.63) is 105 Å². The van der Waals surface area contributed by atoms with Crippen LogP contribution in [0.1, 0.15) is 57.0 Å². The zero-order valence-electron chi connectivity index (χ0n) is 22.1. The van der Waals surface area contributed by atoms with Crippen LogP contribution in [-0.2, 0) is 6.54 Å². The summed E-state index contributed by atoms with van der Waals surface area (Å²) in [6.45, 7) is 4.14. The molecular weight excluding hydrogens is 553 g/mol. The molecule has 2 amide bonds. The fourth-order valence-electron chi connectivity index (χ4n) is 5.71. The molecule has 2 heterocycles. The predicted molar refractivity (Wildman–Crippen MR) is 160 cm³/mol. The van der Waals surface area contributed by atoms with Crippen LogP contribution < -0.4 is 0 Å². The van der Waals surface area contributed by atoms with Gasteiger partial charge in [-0.25, -0.2) is 0 Å². The SMILES string of the molecule is CN(C[C@@H](CCN1CCC(N2Cc3ccccc3C2=O)CC1)c1ccc(Cl)c(Cl)c1)C(=O)c1ccccc1.Cl. The van der Waals surface area contributed by atoms with Crippen LogP contribution in [0.3, 0.4) is 0 Å². The smallest absolute Gasteiger partial charge is 0.254 e. The molecule has 0 N–H and O–H groups in total. The lowest BCUT2D eigenvalue weighted by Crippen LogP contribution is -2.45. The lowest BCUT2D eigenvalue weighted by atomic mass is 9.94. The number of hydrogen-bond donors (Lipinski definition) is 0. The first-order valence-electron chi connectivity index (χ1n) is 13.3. The first kappa shape index (κ1) is 29.4. The van der Waals surface area contributed by atoms with Gasteiger partial charge in [-0.1, -0.05) is 65.7 Å². The quantitative estimate of drug-likeness (QED) is 0.292. The maximum absolute atomic E-state index is 13.0. The van der Waals surface area contributed by atoms with Gasteiger partial charge in [0, 0.05) is 56.3 Å². The van der Waals surface area contributed by atoms with Crippen molar-refractivity contribution < 1.29 is 9.59 Å². The molecule has 39 heavy (non-hydrogen) atoms. The minimum atomic E-state index is 0. The molecule has 0 saturated carbocycles. The van der Waals surface area contributed by atoms with Crippen molar-refractivity contribution in [2.75, 3.05) is 33.2 Å². The number of carbonyl (C=O) groups is 2. The maximum atomic E-state index is 13.0. The zero-order chi connectivity index (χ0) is 26.6. The molecule has 5 rings (SSSR count). The highest BCUT2D eigenvalue weighted by Gasteiger charge is 2.34. The van der Waals surface area contributed by atoms with E-state index in [1.54, 1.807) is 4.90 Å². The highest BCUT2D eigenvalue weighted by Crippen LogP contribution is 2.31. The molecule has 1 saturated heterocycles. The van der Waals surface area contributed by atoms with E-state index in [4.69, 9.17) is 23.2 Å². The van der Waals surface area contributed by atoms with Crippen molar-refractivity contribution in [2.45, 2.75) is 37.8 Å². The number of rotatable bonds is 8. The Morgan fingerprint density at radius 3 is 2.36 bits per heavy atom. The van der Waals surface area contributed by atoms with Gasteiger partial charge in [-0.3, -0.25) is 9.59 Å².